The first-order valence-corrected chi connectivity index (χ1v) is 6.37. The van der Waals surface area contributed by atoms with Crippen LogP contribution >= 0.6 is 0 Å². The molecule has 2 atom stereocenters. The maximum absolute atomic E-state index is 9.56. The molecule has 4 nitrogen and oxygen atoms in total. The van der Waals surface area contributed by atoms with Crippen molar-refractivity contribution in [3.8, 4) is 17.9 Å². The van der Waals surface area contributed by atoms with Crippen LogP contribution in [-0.2, 0) is 4.74 Å². The number of nitrogens with zero attached hydrogens (tertiary/aromatic N) is 2. The number of methoxy groups -OCH3 is 2. The molecule has 0 N–H and O–H groups in total. The van der Waals surface area contributed by atoms with E-state index in [1.165, 1.54) is 7.11 Å². The standard InChI is InChI=1S/C16H16N2O2/c1-19-13-8-6-12(7-9-13)14-4-3-5-15(20-2)16(14,10-17)11-18/h3,5-9,14-15H,4H2,1-2H3/t14-,15-/m0/s1. The fraction of sp³-hybridized carbons (Fsp3) is 0.375. The molecule has 0 saturated carbocycles. The van der Waals surface area contributed by atoms with Gasteiger partial charge in [-0.1, -0.05) is 24.3 Å². The first kappa shape index (κ1) is 14.1. The van der Waals surface area contributed by atoms with Gasteiger partial charge in [-0.25, -0.2) is 0 Å². The summed E-state index contributed by atoms with van der Waals surface area (Å²) in [7, 11) is 3.13. The van der Waals surface area contributed by atoms with Crippen LogP contribution in [0.5, 0.6) is 5.75 Å². The number of benzene rings is 1. The Balaban J connectivity index is 2.45. The minimum Gasteiger partial charge on any atom is -0.497 e. The molecule has 20 heavy (non-hydrogen) atoms. The Morgan fingerprint density at radius 1 is 1.15 bits per heavy atom. The molecule has 0 radical (unpaired) electrons. The van der Waals surface area contributed by atoms with Gasteiger partial charge in [-0.05, 0) is 24.1 Å². The van der Waals surface area contributed by atoms with Crippen molar-refractivity contribution < 1.29 is 9.47 Å². The summed E-state index contributed by atoms with van der Waals surface area (Å²) < 4.78 is 10.5. The Labute approximate surface area is 118 Å². The second-order valence-corrected chi connectivity index (χ2v) is 4.74. The third-order valence-electron chi connectivity index (χ3n) is 3.82. The summed E-state index contributed by atoms with van der Waals surface area (Å²) in [6.45, 7) is 0. The van der Waals surface area contributed by atoms with Crippen LogP contribution in [0, 0.1) is 28.1 Å². The zero-order chi connectivity index (χ0) is 14.6. The van der Waals surface area contributed by atoms with E-state index < -0.39 is 11.5 Å². The highest BCUT2D eigenvalue weighted by molar-refractivity contribution is 5.39. The van der Waals surface area contributed by atoms with E-state index in [2.05, 4.69) is 12.1 Å². The maximum atomic E-state index is 9.56. The summed E-state index contributed by atoms with van der Waals surface area (Å²) in [5.74, 6) is 0.543. The average molecular weight is 268 g/mol. The molecule has 0 bridgehead atoms. The van der Waals surface area contributed by atoms with Gasteiger partial charge < -0.3 is 9.47 Å². The van der Waals surface area contributed by atoms with E-state index in [1.54, 1.807) is 13.2 Å². The predicted molar refractivity (Wildman–Crippen MR) is 73.9 cm³/mol. The lowest BCUT2D eigenvalue weighted by atomic mass is 9.66. The van der Waals surface area contributed by atoms with Crippen LogP contribution in [0.3, 0.4) is 0 Å². The number of hydrogen-bond donors (Lipinski definition) is 0. The lowest BCUT2D eigenvalue weighted by molar-refractivity contribution is 0.0617. The smallest absolute Gasteiger partial charge is 0.180 e. The van der Waals surface area contributed by atoms with Crippen molar-refractivity contribution in [2.45, 2.75) is 18.4 Å². The minimum absolute atomic E-state index is 0.210. The molecule has 1 aromatic rings. The van der Waals surface area contributed by atoms with Crippen molar-refractivity contribution in [2.75, 3.05) is 14.2 Å². The fourth-order valence-electron chi connectivity index (χ4n) is 2.68. The van der Waals surface area contributed by atoms with Gasteiger partial charge in [0.15, 0.2) is 5.41 Å². The van der Waals surface area contributed by atoms with Gasteiger partial charge in [-0.3, -0.25) is 0 Å². The van der Waals surface area contributed by atoms with E-state index in [9.17, 15) is 10.5 Å². The molecule has 2 rings (SSSR count). The second kappa shape index (κ2) is 5.77. The van der Waals surface area contributed by atoms with E-state index in [-0.39, 0.29) is 5.92 Å². The fourth-order valence-corrected chi connectivity index (χ4v) is 2.68. The van der Waals surface area contributed by atoms with Gasteiger partial charge in [0.2, 0.25) is 0 Å². The average Bonchev–Trinajstić information content (AvgIpc) is 2.53. The number of allylic oxidation sites excluding steroid dienone is 1. The molecule has 0 spiro atoms. The Morgan fingerprint density at radius 3 is 2.30 bits per heavy atom. The maximum Gasteiger partial charge on any atom is 0.180 e. The first-order valence-electron chi connectivity index (χ1n) is 6.37. The molecule has 0 amide bonds. The summed E-state index contributed by atoms with van der Waals surface area (Å²) in [5, 5.41) is 19.1. The van der Waals surface area contributed by atoms with Crippen LogP contribution in [0.4, 0.5) is 0 Å². The van der Waals surface area contributed by atoms with Gasteiger partial charge in [0.05, 0.1) is 19.2 Å². The predicted octanol–water partition coefficient (Wildman–Crippen LogP) is 2.79. The first-order chi connectivity index (χ1) is 9.71. The van der Waals surface area contributed by atoms with Crippen LogP contribution in [0.25, 0.3) is 0 Å². The van der Waals surface area contributed by atoms with Crippen molar-refractivity contribution in [3.63, 3.8) is 0 Å². The van der Waals surface area contributed by atoms with E-state index in [0.29, 0.717) is 6.42 Å². The molecule has 0 saturated heterocycles. The van der Waals surface area contributed by atoms with Crippen molar-refractivity contribution in [1.29, 1.82) is 10.5 Å². The van der Waals surface area contributed by atoms with Crippen LogP contribution in [-0.4, -0.2) is 20.3 Å². The van der Waals surface area contributed by atoms with E-state index in [1.807, 2.05) is 30.3 Å². The highest BCUT2D eigenvalue weighted by atomic mass is 16.5. The minimum atomic E-state index is -1.20. The normalized spacial score (nSPS) is 23.6. The largest absolute Gasteiger partial charge is 0.497 e. The van der Waals surface area contributed by atoms with E-state index in [0.717, 1.165) is 11.3 Å². The highest BCUT2D eigenvalue weighted by Gasteiger charge is 2.48. The number of rotatable bonds is 3. The summed E-state index contributed by atoms with van der Waals surface area (Å²) in [6, 6.07) is 11.8. The van der Waals surface area contributed by atoms with Gasteiger partial charge in [0.25, 0.3) is 0 Å². The topological polar surface area (TPSA) is 66.0 Å². The quantitative estimate of drug-likeness (QED) is 0.791. The van der Waals surface area contributed by atoms with Gasteiger partial charge in [0, 0.05) is 13.0 Å². The summed E-state index contributed by atoms with van der Waals surface area (Å²) >= 11 is 0. The molecular formula is C16H16N2O2. The van der Waals surface area contributed by atoms with Crippen LogP contribution in [0.1, 0.15) is 17.9 Å². The van der Waals surface area contributed by atoms with Crippen LogP contribution in [0.15, 0.2) is 36.4 Å². The van der Waals surface area contributed by atoms with Gasteiger partial charge in [-0.15, -0.1) is 0 Å². The van der Waals surface area contributed by atoms with Gasteiger partial charge in [0.1, 0.15) is 11.9 Å². The van der Waals surface area contributed by atoms with Crippen molar-refractivity contribution >= 4 is 0 Å². The summed E-state index contributed by atoms with van der Waals surface area (Å²) in [4.78, 5) is 0. The number of hydrogen-bond acceptors (Lipinski definition) is 4. The molecular weight excluding hydrogens is 252 g/mol. The molecule has 0 unspecified atom stereocenters. The van der Waals surface area contributed by atoms with E-state index >= 15 is 0 Å². The van der Waals surface area contributed by atoms with Gasteiger partial charge >= 0.3 is 0 Å². The van der Waals surface area contributed by atoms with Crippen LogP contribution < -0.4 is 4.74 Å². The molecule has 1 aliphatic carbocycles. The summed E-state index contributed by atoms with van der Waals surface area (Å²) in [6.07, 6.45) is 3.90. The third kappa shape index (κ3) is 2.15. The lowest BCUT2D eigenvalue weighted by Crippen LogP contribution is -2.40. The molecule has 1 aliphatic rings. The Bertz CT molecular complexity index is 564. The molecule has 102 valence electrons. The Morgan fingerprint density at radius 2 is 1.80 bits per heavy atom. The second-order valence-electron chi connectivity index (χ2n) is 4.74. The SMILES string of the molecule is COc1ccc([C@@H]2CC=C[C@H](OC)C2(C#N)C#N)cc1. The van der Waals surface area contributed by atoms with Gasteiger partial charge in [-0.2, -0.15) is 10.5 Å². The lowest BCUT2D eigenvalue weighted by Gasteiger charge is -2.36. The monoisotopic (exact) mass is 268 g/mol. The molecule has 1 aromatic carbocycles. The van der Waals surface area contributed by atoms with Crippen molar-refractivity contribution in [2.24, 2.45) is 5.41 Å². The zero-order valence-electron chi connectivity index (χ0n) is 11.5. The zero-order valence-corrected chi connectivity index (χ0v) is 11.5. The summed E-state index contributed by atoms with van der Waals surface area (Å²) in [5.41, 5.74) is -0.252. The molecule has 0 aliphatic heterocycles. The highest BCUT2D eigenvalue weighted by Crippen LogP contribution is 2.45. The Kier molecular flexibility index (Phi) is 4.08. The Hall–Kier alpha value is -2.30. The molecule has 0 fully saturated rings. The van der Waals surface area contributed by atoms with Crippen molar-refractivity contribution in [3.05, 3.63) is 42.0 Å². The number of ether oxygens (including phenoxy) is 2. The molecule has 4 heteroatoms. The van der Waals surface area contributed by atoms with E-state index in [4.69, 9.17) is 9.47 Å². The van der Waals surface area contributed by atoms with Crippen LogP contribution in [0.2, 0.25) is 0 Å². The third-order valence-corrected chi connectivity index (χ3v) is 3.82. The molecule has 0 aromatic heterocycles. The number of nitriles is 2. The van der Waals surface area contributed by atoms with Crippen molar-refractivity contribution in [1.82, 2.24) is 0 Å². The molecule has 0 heterocycles.